The van der Waals surface area contributed by atoms with Gasteiger partial charge in [-0.2, -0.15) is 0 Å². The Morgan fingerprint density at radius 1 is 1.05 bits per heavy atom. The lowest BCUT2D eigenvalue weighted by molar-refractivity contribution is -0.157. The molecule has 200 valence electrons. The summed E-state index contributed by atoms with van der Waals surface area (Å²) in [5.41, 5.74) is 1.64. The average molecular weight is 526 g/mol. The Hall–Kier alpha value is -3.80. The van der Waals surface area contributed by atoms with Crippen LogP contribution in [0.1, 0.15) is 34.0 Å². The van der Waals surface area contributed by atoms with Crippen LogP contribution in [0.3, 0.4) is 0 Å². The van der Waals surface area contributed by atoms with Crippen molar-refractivity contribution < 1.29 is 33.1 Å². The van der Waals surface area contributed by atoms with Crippen LogP contribution in [0.15, 0.2) is 48.5 Å². The lowest BCUT2D eigenvalue weighted by Crippen LogP contribution is -2.62. The van der Waals surface area contributed by atoms with E-state index in [1.807, 2.05) is 24.3 Å². The fraction of sp³-hybridized carbons (Fsp3) is 0.357. The van der Waals surface area contributed by atoms with Crippen molar-refractivity contribution in [1.29, 1.82) is 0 Å². The highest BCUT2D eigenvalue weighted by atomic mass is 19.3. The van der Waals surface area contributed by atoms with E-state index < -0.39 is 29.9 Å². The number of hydroxylamine groups is 1. The fourth-order valence-electron chi connectivity index (χ4n) is 3.70. The summed E-state index contributed by atoms with van der Waals surface area (Å²) >= 11 is 0. The number of rotatable bonds is 8. The van der Waals surface area contributed by atoms with Crippen LogP contribution in [0.5, 0.6) is 0 Å². The first kappa shape index (κ1) is 28.8. The molecule has 8 nitrogen and oxygen atoms in total. The molecule has 1 fully saturated rings. The van der Waals surface area contributed by atoms with Gasteiger partial charge in [0.05, 0.1) is 13.2 Å². The first-order valence-electron chi connectivity index (χ1n) is 11.9. The fourth-order valence-corrected chi connectivity index (χ4v) is 3.70. The molecular weight excluding hydrogens is 496 g/mol. The van der Waals surface area contributed by atoms with E-state index in [4.69, 9.17) is 14.7 Å². The van der Waals surface area contributed by atoms with Gasteiger partial charge in [-0.25, -0.2) is 14.3 Å². The van der Waals surface area contributed by atoms with Gasteiger partial charge in [-0.05, 0) is 60.7 Å². The first-order chi connectivity index (χ1) is 18.3. The van der Waals surface area contributed by atoms with Gasteiger partial charge in [-0.3, -0.25) is 19.7 Å². The van der Waals surface area contributed by atoms with Crippen molar-refractivity contribution in [3.8, 4) is 23.7 Å². The van der Waals surface area contributed by atoms with E-state index in [1.54, 1.807) is 12.1 Å². The monoisotopic (exact) mass is 525 g/mol. The normalized spacial score (nSPS) is 15.7. The van der Waals surface area contributed by atoms with E-state index in [-0.39, 0.29) is 5.56 Å². The molecule has 0 spiro atoms. The number of halogens is 2. The Bertz CT molecular complexity index is 1220. The molecule has 0 aromatic heterocycles. The van der Waals surface area contributed by atoms with Crippen LogP contribution in [-0.4, -0.2) is 73.4 Å². The van der Waals surface area contributed by atoms with Gasteiger partial charge in [0.1, 0.15) is 6.04 Å². The number of hydrogen-bond acceptors (Lipinski definition) is 6. The number of nitrogens with one attached hydrogen (secondary N) is 2. The van der Waals surface area contributed by atoms with Gasteiger partial charge in [-0.15, -0.1) is 0 Å². The van der Waals surface area contributed by atoms with Gasteiger partial charge < -0.3 is 14.8 Å². The van der Waals surface area contributed by atoms with Crippen molar-refractivity contribution in [1.82, 2.24) is 15.7 Å². The second-order valence-electron chi connectivity index (χ2n) is 8.73. The molecule has 38 heavy (non-hydrogen) atoms. The molecular formula is C28H29F2N3O5. The molecule has 1 unspecified atom stereocenters. The van der Waals surface area contributed by atoms with Crippen LogP contribution in [-0.2, 0) is 20.8 Å². The van der Waals surface area contributed by atoms with Crippen molar-refractivity contribution in [3.63, 3.8) is 0 Å². The number of methoxy groups -OCH3 is 1. The zero-order valence-electron chi connectivity index (χ0n) is 21.1. The Labute approximate surface area is 220 Å². The molecule has 0 radical (unpaired) electrons. The minimum atomic E-state index is -3.12. The van der Waals surface area contributed by atoms with E-state index in [1.165, 1.54) is 23.2 Å². The largest absolute Gasteiger partial charge is 0.379 e. The van der Waals surface area contributed by atoms with Gasteiger partial charge in [0.15, 0.2) is 5.60 Å². The molecule has 0 saturated carbocycles. The van der Waals surface area contributed by atoms with Crippen molar-refractivity contribution in [3.05, 3.63) is 70.8 Å². The maximum Gasteiger partial charge on any atom is 0.269 e. The van der Waals surface area contributed by atoms with E-state index in [0.717, 1.165) is 52.4 Å². The van der Waals surface area contributed by atoms with Crippen LogP contribution in [0.25, 0.3) is 0 Å². The summed E-state index contributed by atoms with van der Waals surface area (Å²) in [5.74, 6) is 9.37. The van der Waals surface area contributed by atoms with E-state index >= 15 is 0 Å². The van der Waals surface area contributed by atoms with Crippen molar-refractivity contribution in [2.24, 2.45) is 0 Å². The molecule has 1 aliphatic rings. The number of carbonyl (C=O) groups excluding carboxylic acids is 2. The van der Waals surface area contributed by atoms with E-state index in [9.17, 15) is 18.4 Å². The van der Waals surface area contributed by atoms with Crippen LogP contribution in [0.2, 0.25) is 0 Å². The lowest BCUT2D eigenvalue weighted by Gasteiger charge is -2.34. The Morgan fingerprint density at radius 2 is 1.61 bits per heavy atom. The van der Waals surface area contributed by atoms with Crippen molar-refractivity contribution >= 4 is 11.8 Å². The third-order valence-corrected chi connectivity index (χ3v) is 6.18. The summed E-state index contributed by atoms with van der Waals surface area (Å²) in [5, 5.41) is 11.1. The van der Waals surface area contributed by atoms with Gasteiger partial charge in [-0.1, -0.05) is 24.0 Å². The second-order valence-corrected chi connectivity index (χ2v) is 8.73. The molecule has 1 saturated heterocycles. The number of morpholine rings is 1. The molecule has 1 aliphatic heterocycles. The summed E-state index contributed by atoms with van der Waals surface area (Å²) in [4.78, 5) is 26.9. The Balaban J connectivity index is 1.60. The summed E-state index contributed by atoms with van der Waals surface area (Å²) in [7, 11) is 0.980. The maximum absolute atomic E-state index is 13.5. The molecule has 3 N–H and O–H groups in total. The molecule has 2 amide bonds. The SMILES string of the molecule is COC(C)(C(F)F)[C@H](NC(=O)c1ccc(C#CC#Cc2ccc(CN3CCOCC3)cc2)cc1)C(=O)NO. The van der Waals surface area contributed by atoms with Crippen molar-refractivity contribution in [2.75, 3.05) is 33.4 Å². The average Bonchev–Trinajstić information content (AvgIpc) is 2.94. The molecule has 0 aliphatic carbocycles. The van der Waals surface area contributed by atoms with Crippen LogP contribution in [0, 0.1) is 23.7 Å². The molecule has 10 heteroatoms. The number of benzene rings is 2. The molecule has 2 aromatic rings. The lowest BCUT2D eigenvalue weighted by atomic mass is 9.95. The van der Waals surface area contributed by atoms with Gasteiger partial charge in [0, 0.05) is 43.4 Å². The zero-order valence-corrected chi connectivity index (χ0v) is 21.1. The summed E-state index contributed by atoms with van der Waals surface area (Å²) in [6, 6.07) is 12.1. The van der Waals surface area contributed by atoms with E-state index in [2.05, 4.69) is 33.9 Å². The zero-order chi connectivity index (χ0) is 27.5. The third-order valence-electron chi connectivity index (χ3n) is 6.18. The molecule has 1 heterocycles. The first-order valence-corrected chi connectivity index (χ1v) is 11.9. The quantitative estimate of drug-likeness (QED) is 0.278. The minimum absolute atomic E-state index is 0.0993. The number of hydrogen-bond donors (Lipinski definition) is 3. The highest BCUT2D eigenvalue weighted by molar-refractivity contribution is 5.97. The number of alkyl halides is 2. The second kappa shape index (κ2) is 13.7. The summed E-state index contributed by atoms with van der Waals surface area (Å²) in [6.45, 7) is 5.20. The van der Waals surface area contributed by atoms with Gasteiger partial charge in [0.2, 0.25) is 0 Å². The number of nitrogens with zero attached hydrogens (tertiary/aromatic N) is 1. The van der Waals surface area contributed by atoms with Crippen LogP contribution < -0.4 is 10.8 Å². The number of carbonyl (C=O) groups is 2. The van der Waals surface area contributed by atoms with Gasteiger partial charge in [0.25, 0.3) is 18.2 Å². The van der Waals surface area contributed by atoms with Crippen LogP contribution >= 0.6 is 0 Å². The number of ether oxygens (including phenoxy) is 2. The van der Waals surface area contributed by atoms with Gasteiger partial charge >= 0.3 is 0 Å². The molecule has 0 bridgehead atoms. The smallest absolute Gasteiger partial charge is 0.269 e. The number of amides is 2. The predicted molar refractivity (Wildman–Crippen MR) is 135 cm³/mol. The molecule has 2 aromatic carbocycles. The third kappa shape index (κ3) is 7.60. The topological polar surface area (TPSA) is 100 Å². The molecule has 2 atom stereocenters. The highest BCUT2D eigenvalue weighted by Crippen LogP contribution is 2.24. The maximum atomic E-state index is 13.5. The Morgan fingerprint density at radius 3 is 2.11 bits per heavy atom. The minimum Gasteiger partial charge on any atom is -0.379 e. The predicted octanol–water partition coefficient (Wildman–Crippen LogP) is 2.20. The summed E-state index contributed by atoms with van der Waals surface area (Å²) in [6.07, 6.45) is -3.12. The Kier molecular flexibility index (Phi) is 10.3. The van der Waals surface area contributed by atoms with Crippen LogP contribution in [0.4, 0.5) is 8.78 Å². The summed E-state index contributed by atoms with van der Waals surface area (Å²) < 4.78 is 37.2. The highest BCUT2D eigenvalue weighted by Gasteiger charge is 2.48. The standard InChI is InChI=1S/C28H29F2N3O5/c1-28(37-2,27(29)30)24(26(35)32-36)31-25(34)23-13-11-21(12-14-23)6-4-3-5-20-7-9-22(10-8-20)19-33-15-17-38-18-16-33/h7-14,24,27,36H,15-19H2,1-2H3,(H,31,34)(H,32,35)/t24-,28?/m1/s1. The van der Waals surface area contributed by atoms with Crippen molar-refractivity contribution in [2.45, 2.75) is 31.5 Å². The van der Waals surface area contributed by atoms with E-state index in [0.29, 0.717) is 5.56 Å². The molecule has 3 rings (SSSR count).